The summed E-state index contributed by atoms with van der Waals surface area (Å²) in [6, 6.07) is 11.3. The Bertz CT molecular complexity index is 784. The highest BCUT2D eigenvalue weighted by Gasteiger charge is 2.15. The number of aliphatic imine (C=N–C) groups is 1. The van der Waals surface area contributed by atoms with Crippen LogP contribution < -0.4 is 10.6 Å². The third kappa shape index (κ3) is 5.10. The number of guanidine groups is 1. The molecule has 140 valence electrons. The SMILES string of the molecule is Cc1cc(C)c(-c2cccc(Br)c2NC(=NC(C)C)NC(C)C)c(C)c1. The fraction of sp³-hybridized carbons (Fsp3) is 0.409. The lowest BCUT2D eigenvalue weighted by molar-refractivity contribution is 0.717. The third-order valence-corrected chi connectivity index (χ3v) is 4.68. The number of anilines is 1. The summed E-state index contributed by atoms with van der Waals surface area (Å²) in [4.78, 5) is 4.72. The van der Waals surface area contributed by atoms with Crippen molar-refractivity contribution in [3.63, 3.8) is 0 Å². The van der Waals surface area contributed by atoms with Crippen LogP contribution in [0.5, 0.6) is 0 Å². The van der Waals surface area contributed by atoms with Gasteiger partial charge in [-0.1, -0.05) is 29.8 Å². The standard InChI is InChI=1S/C22H30BrN3/c1-13(2)24-22(25-14(3)4)26-21-18(9-8-10-19(21)23)20-16(6)11-15(5)12-17(20)7/h8-14H,1-7H3,(H2,24,25,26). The van der Waals surface area contributed by atoms with Crippen LogP contribution in [0.3, 0.4) is 0 Å². The van der Waals surface area contributed by atoms with E-state index in [2.05, 4.69) is 105 Å². The number of hydrogen-bond donors (Lipinski definition) is 2. The highest BCUT2D eigenvalue weighted by atomic mass is 79.9. The van der Waals surface area contributed by atoms with E-state index in [1.54, 1.807) is 0 Å². The quantitative estimate of drug-likeness (QED) is 0.459. The van der Waals surface area contributed by atoms with Crippen LogP contribution in [0.4, 0.5) is 5.69 Å². The molecule has 2 aromatic rings. The van der Waals surface area contributed by atoms with Crippen LogP contribution >= 0.6 is 15.9 Å². The van der Waals surface area contributed by atoms with Crippen LogP contribution in [0.25, 0.3) is 11.1 Å². The Morgan fingerprint density at radius 1 is 1.00 bits per heavy atom. The van der Waals surface area contributed by atoms with Gasteiger partial charge in [0.25, 0.3) is 0 Å². The fourth-order valence-electron chi connectivity index (χ4n) is 3.22. The molecule has 0 radical (unpaired) electrons. The van der Waals surface area contributed by atoms with Crippen LogP contribution in [0, 0.1) is 20.8 Å². The summed E-state index contributed by atoms with van der Waals surface area (Å²) >= 11 is 3.72. The molecule has 3 nitrogen and oxygen atoms in total. The molecule has 0 aliphatic rings. The first kappa shape index (κ1) is 20.5. The van der Waals surface area contributed by atoms with Gasteiger partial charge in [-0.3, -0.25) is 4.99 Å². The van der Waals surface area contributed by atoms with Gasteiger partial charge in [-0.2, -0.15) is 0 Å². The van der Waals surface area contributed by atoms with E-state index >= 15 is 0 Å². The van der Waals surface area contributed by atoms with Crippen LogP contribution in [0.15, 0.2) is 39.8 Å². The van der Waals surface area contributed by atoms with Crippen LogP contribution in [0.1, 0.15) is 44.4 Å². The Morgan fingerprint density at radius 2 is 1.62 bits per heavy atom. The van der Waals surface area contributed by atoms with E-state index in [-0.39, 0.29) is 6.04 Å². The van der Waals surface area contributed by atoms with Gasteiger partial charge in [-0.15, -0.1) is 0 Å². The number of halogens is 1. The lowest BCUT2D eigenvalue weighted by Crippen LogP contribution is -2.36. The predicted octanol–water partition coefficient (Wildman–Crippen LogP) is 6.22. The molecule has 2 aromatic carbocycles. The monoisotopic (exact) mass is 415 g/mol. The highest BCUT2D eigenvalue weighted by Crippen LogP contribution is 2.38. The molecule has 2 N–H and O–H groups in total. The highest BCUT2D eigenvalue weighted by molar-refractivity contribution is 9.10. The topological polar surface area (TPSA) is 36.4 Å². The summed E-state index contributed by atoms with van der Waals surface area (Å²) in [5.41, 5.74) is 7.33. The first-order chi connectivity index (χ1) is 12.2. The minimum absolute atomic E-state index is 0.206. The van der Waals surface area contributed by atoms with E-state index in [1.807, 2.05) is 0 Å². The molecule has 0 aromatic heterocycles. The molecular formula is C22H30BrN3. The van der Waals surface area contributed by atoms with Crippen LogP contribution in [-0.2, 0) is 0 Å². The molecule has 0 aliphatic heterocycles. The summed E-state index contributed by atoms with van der Waals surface area (Å²) in [5, 5.41) is 6.96. The smallest absolute Gasteiger partial charge is 0.196 e. The molecule has 0 fully saturated rings. The normalized spacial score (nSPS) is 12.0. The summed E-state index contributed by atoms with van der Waals surface area (Å²) in [6.07, 6.45) is 0. The maximum Gasteiger partial charge on any atom is 0.196 e. The van der Waals surface area contributed by atoms with Crippen LogP contribution in [-0.4, -0.2) is 18.0 Å². The van der Waals surface area contributed by atoms with Gasteiger partial charge < -0.3 is 10.6 Å². The van der Waals surface area contributed by atoms with Gasteiger partial charge in [0, 0.05) is 22.1 Å². The second-order valence-electron chi connectivity index (χ2n) is 7.43. The van der Waals surface area contributed by atoms with Crippen molar-refractivity contribution in [2.24, 2.45) is 4.99 Å². The summed E-state index contributed by atoms with van der Waals surface area (Å²) in [7, 11) is 0. The molecule has 26 heavy (non-hydrogen) atoms. The summed E-state index contributed by atoms with van der Waals surface area (Å²) < 4.78 is 1.02. The van der Waals surface area contributed by atoms with Crippen molar-refractivity contribution >= 4 is 27.6 Å². The molecular weight excluding hydrogens is 386 g/mol. The lowest BCUT2D eigenvalue weighted by atomic mass is 9.93. The van der Waals surface area contributed by atoms with Crippen molar-refractivity contribution < 1.29 is 0 Å². The van der Waals surface area contributed by atoms with E-state index in [0.29, 0.717) is 6.04 Å². The first-order valence-corrected chi connectivity index (χ1v) is 9.96. The second kappa shape index (κ2) is 8.72. The first-order valence-electron chi connectivity index (χ1n) is 9.17. The van der Waals surface area contributed by atoms with E-state index in [1.165, 1.54) is 27.8 Å². The van der Waals surface area contributed by atoms with Gasteiger partial charge in [-0.25, -0.2) is 0 Å². The van der Waals surface area contributed by atoms with Crippen molar-refractivity contribution in [2.45, 2.75) is 60.5 Å². The van der Waals surface area contributed by atoms with E-state index < -0.39 is 0 Å². The molecule has 0 bridgehead atoms. The average molecular weight is 416 g/mol. The molecule has 0 amide bonds. The average Bonchev–Trinajstić information content (AvgIpc) is 2.48. The van der Waals surface area contributed by atoms with Crippen LogP contribution in [0.2, 0.25) is 0 Å². The fourth-order valence-corrected chi connectivity index (χ4v) is 3.69. The number of aryl methyl sites for hydroxylation is 3. The molecule has 0 saturated carbocycles. The minimum Gasteiger partial charge on any atom is -0.354 e. The number of hydrogen-bond acceptors (Lipinski definition) is 1. The third-order valence-electron chi connectivity index (χ3n) is 4.02. The zero-order chi connectivity index (χ0) is 19.4. The molecule has 0 saturated heterocycles. The Balaban J connectivity index is 2.58. The molecule has 0 spiro atoms. The lowest BCUT2D eigenvalue weighted by Gasteiger charge is -2.21. The summed E-state index contributed by atoms with van der Waals surface area (Å²) in [6.45, 7) is 14.9. The van der Waals surface area contributed by atoms with E-state index in [9.17, 15) is 0 Å². The Kier molecular flexibility index (Phi) is 6.87. The van der Waals surface area contributed by atoms with Gasteiger partial charge in [0.2, 0.25) is 0 Å². The molecule has 0 atom stereocenters. The molecule has 0 unspecified atom stereocenters. The Labute approximate surface area is 166 Å². The minimum atomic E-state index is 0.206. The van der Waals surface area contributed by atoms with Gasteiger partial charge in [0.1, 0.15) is 0 Å². The Hall–Kier alpha value is -1.81. The molecule has 4 heteroatoms. The van der Waals surface area contributed by atoms with Gasteiger partial charge in [0.15, 0.2) is 5.96 Å². The largest absolute Gasteiger partial charge is 0.354 e. The van der Waals surface area contributed by atoms with Gasteiger partial charge in [0.05, 0.1) is 5.69 Å². The zero-order valence-electron chi connectivity index (χ0n) is 16.9. The van der Waals surface area contributed by atoms with Gasteiger partial charge >= 0.3 is 0 Å². The number of rotatable bonds is 4. The molecule has 0 aliphatic carbocycles. The van der Waals surface area contributed by atoms with Crippen molar-refractivity contribution in [1.29, 1.82) is 0 Å². The second-order valence-corrected chi connectivity index (χ2v) is 8.29. The predicted molar refractivity (Wildman–Crippen MR) is 118 cm³/mol. The molecule has 2 rings (SSSR count). The van der Waals surface area contributed by atoms with Crippen molar-refractivity contribution in [2.75, 3.05) is 5.32 Å². The van der Waals surface area contributed by atoms with Crippen molar-refractivity contribution in [3.8, 4) is 11.1 Å². The van der Waals surface area contributed by atoms with Crippen molar-refractivity contribution in [3.05, 3.63) is 51.5 Å². The molecule has 0 heterocycles. The van der Waals surface area contributed by atoms with Gasteiger partial charge in [-0.05, 0) is 87.2 Å². The Morgan fingerprint density at radius 3 is 2.15 bits per heavy atom. The zero-order valence-corrected chi connectivity index (χ0v) is 18.5. The van der Waals surface area contributed by atoms with E-state index in [4.69, 9.17) is 4.99 Å². The maximum absolute atomic E-state index is 4.72. The number of nitrogens with one attached hydrogen (secondary N) is 2. The summed E-state index contributed by atoms with van der Waals surface area (Å²) in [5.74, 6) is 0.797. The maximum atomic E-state index is 4.72. The number of para-hydroxylation sites is 1. The number of benzene rings is 2. The van der Waals surface area contributed by atoms with Crippen molar-refractivity contribution in [1.82, 2.24) is 5.32 Å². The number of nitrogens with zero attached hydrogens (tertiary/aromatic N) is 1. The van der Waals surface area contributed by atoms with E-state index in [0.717, 1.165) is 16.1 Å².